The monoisotopic (exact) mass is 416 g/mol. The summed E-state index contributed by atoms with van der Waals surface area (Å²) in [6, 6.07) is 0.648. The topological polar surface area (TPSA) is 67.4 Å². The molecule has 6 rings (SSSR count). The van der Waals surface area contributed by atoms with Crippen LogP contribution in [0.1, 0.15) is 103 Å². The van der Waals surface area contributed by atoms with Crippen LogP contribution in [0, 0.1) is 16.7 Å². The van der Waals surface area contributed by atoms with Gasteiger partial charge in [0.15, 0.2) is 0 Å². The van der Waals surface area contributed by atoms with Crippen molar-refractivity contribution in [2.45, 2.75) is 120 Å². The Labute approximate surface area is 181 Å². The van der Waals surface area contributed by atoms with E-state index in [2.05, 4.69) is 10.6 Å². The summed E-state index contributed by atoms with van der Waals surface area (Å²) in [5, 5.41) is 6.86. The van der Waals surface area contributed by atoms with Crippen LogP contribution in [-0.4, -0.2) is 36.6 Å². The normalized spacial score (nSPS) is 41.6. The van der Waals surface area contributed by atoms with Gasteiger partial charge in [-0.2, -0.15) is 0 Å². The Hall–Kier alpha value is -1.10. The van der Waals surface area contributed by atoms with Gasteiger partial charge in [0.05, 0.1) is 16.4 Å². The second-order valence-electron chi connectivity index (χ2n) is 11.6. The third-order valence-corrected chi connectivity index (χ3v) is 9.29. The van der Waals surface area contributed by atoms with E-state index in [9.17, 15) is 9.59 Å². The molecule has 0 saturated heterocycles. The van der Waals surface area contributed by atoms with E-state index >= 15 is 0 Å². The third kappa shape index (κ3) is 3.59. The summed E-state index contributed by atoms with van der Waals surface area (Å²) >= 11 is 0. The highest BCUT2D eigenvalue weighted by molar-refractivity contribution is 5.88. The first-order valence-electron chi connectivity index (χ1n) is 12.6. The van der Waals surface area contributed by atoms with E-state index in [1.807, 2.05) is 0 Å². The fraction of sp³-hybridized carbons (Fsp3) is 0.920. The first-order chi connectivity index (χ1) is 14.5. The second kappa shape index (κ2) is 7.79. The van der Waals surface area contributed by atoms with Crippen LogP contribution in [0.15, 0.2) is 0 Å². The van der Waals surface area contributed by atoms with Crippen LogP contribution in [0.3, 0.4) is 0 Å². The van der Waals surface area contributed by atoms with Crippen molar-refractivity contribution in [2.24, 2.45) is 16.7 Å². The number of rotatable bonds is 5. The predicted molar refractivity (Wildman–Crippen MR) is 116 cm³/mol. The molecule has 6 aliphatic carbocycles. The molecule has 5 nitrogen and oxygen atoms in total. The zero-order valence-electron chi connectivity index (χ0n) is 18.8. The molecular weight excluding hydrogens is 376 g/mol. The van der Waals surface area contributed by atoms with Crippen molar-refractivity contribution in [3.8, 4) is 0 Å². The molecular formula is C25H40N2O3. The highest BCUT2D eigenvalue weighted by atomic mass is 16.5. The maximum Gasteiger partial charge on any atom is 0.226 e. The number of carbonyl (C=O) groups is 2. The summed E-state index contributed by atoms with van der Waals surface area (Å²) in [5.41, 5.74) is -1.14. The second-order valence-corrected chi connectivity index (χ2v) is 11.6. The highest BCUT2D eigenvalue weighted by Crippen LogP contribution is 2.67. The van der Waals surface area contributed by atoms with Crippen LogP contribution in [0.5, 0.6) is 0 Å². The van der Waals surface area contributed by atoms with Crippen LogP contribution in [-0.2, 0) is 14.3 Å². The number of nitrogens with one attached hydrogen (secondary N) is 2. The molecule has 5 heteroatoms. The fourth-order valence-corrected chi connectivity index (χ4v) is 8.25. The first-order valence-corrected chi connectivity index (χ1v) is 12.6. The molecule has 2 amide bonds. The Bertz CT molecular complexity index is 632. The van der Waals surface area contributed by atoms with Gasteiger partial charge in [-0.25, -0.2) is 0 Å². The number of carbonyl (C=O) groups excluding carboxylic acids is 2. The van der Waals surface area contributed by atoms with Gasteiger partial charge in [-0.3, -0.25) is 9.59 Å². The maximum absolute atomic E-state index is 13.7. The lowest BCUT2D eigenvalue weighted by Crippen LogP contribution is -2.68. The SMILES string of the molecule is COC12CC3CC(C(=O)NC4CCCCC4)(C1)CC(C(=O)NC1CCCCC1)(C3)C2. The molecule has 0 spiro atoms. The molecule has 0 aromatic heterocycles. The Balaban J connectivity index is 1.38. The van der Waals surface area contributed by atoms with Crippen molar-refractivity contribution in [1.82, 2.24) is 10.6 Å². The Morgan fingerprint density at radius 3 is 1.60 bits per heavy atom. The predicted octanol–water partition coefficient (Wildman–Crippen LogP) is 4.24. The van der Waals surface area contributed by atoms with E-state index in [4.69, 9.17) is 4.74 Å². The van der Waals surface area contributed by atoms with Gasteiger partial charge < -0.3 is 15.4 Å². The standard InChI is InChI=1S/C25H40N2O3/c1-30-25-14-18-12-23(16-25,21(28)26-19-8-4-2-5-9-19)15-24(13-18,17-25)22(29)27-20-10-6-3-7-11-20/h18-20H,2-17H2,1H3,(H,26,28)(H,27,29). The van der Waals surface area contributed by atoms with E-state index < -0.39 is 10.8 Å². The number of ether oxygens (including phenoxy) is 1. The zero-order chi connectivity index (χ0) is 20.8. The van der Waals surface area contributed by atoms with Gasteiger partial charge in [-0.05, 0) is 70.1 Å². The van der Waals surface area contributed by atoms with E-state index in [1.54, 1.807) is 7.11 Å². The van der Waals surface area contributed by atoms with Crippen molar-refractivity contribution in [3.63, 3.8) is 0 Å². The lowest BCUT2D eigenvalue weighted by atomic mass is 9.42. The van der Waals surface area contributed by atoms with Crippen molar-refractivity contribution < 1.29 is 14.3 Å². The molecule has 0 radical (unpaired) electrons. The minimum absolute atomic E-state index is 0.217. The van der Waals surface area contributed by atoms with Crippen molar-refractivity contribution >= 4 is 11.8 Å². The largest absolute Gasteiger partial charge is 0.378 e. The Morgan fingerprint density at radius 2 is 1.17 bits per heavy atom. The minimum Gasteiger partial charge on any atom is -0.378 e. The summed E-state index contributed by atoms with van der Waals surface area (Å²) in [5.74, 6) is 0.861. The zero-order valence-corrected chi connectivity index (χ0v) is 18.8. The number of hydrogen-bond donors (Lipinski definition) is 2. The molecule has 6 saturated carbocycles. The van der Waals surface area contributed by atoms with Gasteiger partial charge in [0.25, 0.3) is 0 Å². The molecule has 2 N–H and O–H groups in total. The highest BCUT2D eigenvalue weighted by Gasteiger charge is 2.68. The van der Waals surface area contributed by atoms with Gasteiger partial charge in [0, 0.05) is 19.2 Å². The molecule has 2 unspecified atom stereocenters. The average Bonchev–Trinajstić information content (AvgIpc) is 2.74. The van der Waals surface area contributed by atoms with Crippen LogP contribution >= 0.6 is 0 Å². The fourth-order valence-electron chi connectivity index (χ4n) is 8.25. The van der Waals surface area contributed by atoms with E-state index in [0.717, 1.165) is 64.2 Å². The van der Waals surface area contributed by atoms with Crippen molar-refractivity contribution in [2.75, 3.05) is 7.11 Å². The summed E-state index contributed by atoms with van der Waals surface area (Å²) in [6.45, 7) is 0. The van der Waals surface area contributed by atoms with Crippen LogP contribution in [0.25, 0.3) is 0 Å². The van der Waals surface area contributed by atoms with Gasteiger partial charge >= 0.3 is 0 Å². The van der Waals surface area contributed by atoms with E-state index in [-0.39, 0.29) is 17.4 Å². The molecule has 4 bridgehead atoms. The van der Waals surface area contributed by atoms with Crippen LogP contribution < -0.4 is 10.6 Å². The van der Waals surface area contributed by atoms with Gasteiger partial charge in [-0.1, -0.05) is 38.5 Å². The van der Waals surface area contributed by atoms with Crippen molar-refractivity contribution in [3.05, 3.63) is 0 Å². The quantitative estimate of drug-likeness (QED) is 0.704. The Kier molecular flexibility index (Phi) is 5.40. The van der Waals surface area contributed by atoms with E-state index in [0.29, 0.717) is 18.0 Å². The summed E-state index contributed by atoms with van der Waals surface area (Å²) in [4.78, 5) is 27.4. The number of hydrogen-bond acceptors (Lipinski definition) is 3. The molecule has 30 heavy (non-hydrogen) atoms. The molecule has 2 atom stereocenters. The van der Waals surface area contributed by atoms with Crippen LogP contribution in [0.2, 0.25) is 0 Å². The molecule has 6 aliphatic rings. The van der Waals surface area contributed by atoms with Crippen molar-refractivity contribution in [1.29, 1.82) is 0 Å². The molecule has 0 aromatic rings. The molecule has 0 aliphatic heterocycles. The first kappa shape index (κ1) is 20.8. The van der Waals surface area contributed by atoms with Crippen LogP contribution in [0.4, 0.5) is 0 Å². The summed E-state index contributed by atoms with van der Waals surface area (Å²) < 4.78 is 6.12. The minimum atomic E-state index is -0.420. The van der Waals surface area contributed by atoms with Gasteiger partial charge in [0.1, 0.15) is 0 Å². The van der Waals surface area contributed by atoms with E-state index in [1.165, 1.54) is 38.5 Å². The smallest absolute Gasteiger partial charge is 0.226 e. The summed E-state index contributed by atoms with van der Waals surface area (Å²) in [7, 11) is 1.80. The molecule has 6 fully saturated rings. The third-order valence-electron chi connectivity index (χ3n) is 9.29. The Morgan fingerprint density at radius 1 is 0.700 bits per heavy atom. The lowest BCUT2D eigenvalue weighted by molar-refractivity contribution is -0.214. The molecule has 168 valence electrons. The molecule has 0 heterocycles. The summed E-state index contributed by atoms with van der Waals surface area (Å²) in [6.07, 6.45) is 17.1. The molecule has 0 aromatic carbocycles. The van der Waals surface area contributed by atoms with Gasteiger partial charge in [-0.15, -0.1) is 0 Å². The number of amides is 2. The maximum atomic E-state index is 13.7. The average molecular weight is 417 g/mol. The lowest BCUT2D eigenvalue weighted by Gasteiger charge is -2.64. The van der Waals surface area contributed by atoms with Gasteiger partial charge in [0.2, 0.25) is 11.8 Å². The number of methoxy groups -OCH3 is 1.